The highest BCUT2D eigenvalue weighted by atomic mass is 19.2. The molecule has 0 spiro atoms. The number of carbonyl (C=O) groups is 1. The molecule has 0 aliphatic heterocycles. The molecular weight excluding hydrogens is 262 g/mol. The fourth-order valence-electron chi connectivity index (χ4n) is 1.98. The summed E-state index contributed by atoms with van der Waals surface area (Å²) in [6.45, 7) is 1.45. The number of para-hydroxylation sites is 1. The fraction of sp³-hybridized carbons (Fsp3) is 0.188. The molecule has 0 atom stereocenters. The van der Waals surface area contributed by atoms with Gasteiger partial charge in [0.25, 0.3) is 0 Å². The maximum atomic E-state index is 13.8. The smallest absolute Gasteiger partial charge is 0.170 e. The molecule has 0 N–H and O–H groups in total. The fourth-order valence-corrected chi connectivity index (χ4v) is 1.98. The molecule has 2 rings (SSSR count). The molecule has 4 heteroatoms. The van der Waals surface area contributed by atoms with Gasteiger partial charge in [0, 0.05) is 12.0 Å². The van der Waals surface area contributed by atoms with E-state index < -0.39 is 17.4 Å². The molecule has 0 saturated carbocycles. The lowest BCUT2D eigenvalue weighted by atomic mass is 10.0. The van der Waals surface area contributed by atoms with E-state index in [0.29, 0.717) is 11.3 Å². The zero-order valence-electron chi connectivity index (χ0n) is 11.2. The van der Waals surface area contributed by atoms with Crippen LogP contribution in [0.15, 0.2) is 36.4 Å². The van der Waals surface area contributed by atoms with Gasteiger partial charge in [0.1, 0.15) is 5.75 Å². The van der Waals surface area contributed by atoms with Crippen molar-refractivity contribution in [3.63, 3.8) is 0 Å². The van der Waals surface area contributed by atoms with Gasteiger partial charge in [-0.05, 0) is 24.6 Å². The number of rotatable bonds is 4. The summed E-state index contributed by atoms with van der Waals surface area (Å²) in [4.78, 5) is 12.1. The van der Waals surface area contributed by atoms with E-state index in [1.165, 1.54) is 26.2 Å². The maximum Gasteiger partial charge on any atom is 0.170 e. The van der Waals surface area contributed by atoms with E-state index in [-0.39, 0.29) is 17.5 Å². The minimum Gasteiger partial charge on any atom is -0.496 e. The number of Topliss-reactive ketones (excluding diaryl/α,β-unsaturated/α-hetero) is 1. The van der Waals surface area contributed by atoms with Gasteiger partial charge in [-0.3, -0.25) is 4.79 Å². The molecule has 2 aromatic rings. The Bertz CT molecular complexity index is 651. The first-order valence-corrected chi connectivity index (χ1v) is 6.14. The van der Waals surface area contributed by atoms with E-state index in [2.05, 4.69) is 0 Å². The SMILES string of the molecule is COc1ccccc1CC(=O)c1ccc(C)c(F)c1F. The Hall–Kier alpha value is -2.23. The zero-order valence-corrected chi connectivity index (χ0v) is 11.2. The summed E-state index contributed by atoms with van der Waals surface area (Å²) < 4.78 is 32.4. The van der Waals surface area contributed by atoms with Gasteiger partial charge in [-0.15, -0.1) is 0 Å². The van der Waals surface area contributed by atoms with Gasteiger partial charge >= 0.3 is 0 Å². The first kappa shape index (κ1) is 14.2. The molecule has 2 nitrogen and oxygen atoms in total. The third-order valence-corrected chi connectivity index (χ3v) is 3.12. The van der Waals surface area contributed by atoms with Crippen molar-refractivity contribution in [2.45, 2.75) is 13.3 Å². The molecule has 0 saturated heterocycles. The average Bonchev–Trinajstić information content (AvgIpc) is 2.45. The lowest BCUT2D eigenvalue weighted by Crippen LogP contribution is -2.09. The van der Waals surface area contributed by atoms with Crippen LogP contribution >= 0.6 is 0 Å². The molecule has 0 aliphatic rings. The number of hydrogen-bond acceptors (Lipinski definition) is 2. The van der Waals surface area contributed by atoms with Crippen LogP contribution in [0.2, 0.25) is 0 Å². The number of hydrogen-bond donors (Lipinski definition) is 0. The van der Waals surface area contributed by atoms with Crippen LogP contribution in [0.4, 0.5) is 8.78 Å². The highest BCUT2D eigenvalue weighted by molar-refractivity contribution is 5.98. The lowest BCUT2D eigenvalue weighted by molar-refractivity contribution is 0.0987. The van der Waals surface area contributed by atoms with Crippen molar-refractivity contribution in [1.82, 2.24) is 0 Å². The molecule has 0 aromatic heterocycles. The normalized spacial score (nSPS) is 10.4. The van der Waals surface area contributed by atoms with Crippen LogP contribution in [0.1, 0.15) is 21.5 Å². The third-order valence-electron chi connectivity index (χ3n) is 3.12. The van der Waals surface area contributed by atoms with Gasteiger partial charge in [-0.25, -0.2) is 8.78 Å². The Morgan fingerprint density at radius 3 is 2.50 bits per heavy atom. The molecule has 0 heterocycles. The number of ether oxygens (including phenoxy) is 1. The Balaban J connectivity index is 2.31. The second-order valence-corrected chi connectivity index (χ2v) is 4.47. The van der Waals surface area contributed by atoms with Gasteiger partial charge in [0.05, 0.1) is 12.7 Å². The van der Waals surface area contributed by atoms with E-state index in [0.717, 1.165) is 0 Å². The van der Waals surface area contributed by atoms with E-state index >= 15 is 0 Å². The largest absolute Gasteiger partial charge is 0.496 e. The van der Waals surface area contributed by atoms with Crippen molar-refractivity contribution in [3.8, 4) is 5.75 Å². The first-order valence-electron chi connectivity index (χ1n) is 6.14. The Morgan fingerprint density at radius 1 is 1.10 bits per heavy atom. The van der Waals surface area contributed by atoms with Crippen molar-refractivity contribution in [1.29, 1.82) is 0 Å². The van der Waals surface area contributed by atoms with Crippen LogP contribution < -0.4 is 4.74 Å². The van der Waals surface area contributed by atoms with E-state index in [1.54, 1.807) is 24.3 Å². The van der Waals surface area contributed by atoms with Gasteiger partial charge in [-0.2, -0.15) is 0 Å². The number of halogens is 2. The summed E-state index contributed by atoms with van der Waals surface area (Å²) in [6, 6.07) is 9.68. The molecule has 0 radical (unpaired) electrons. The van der Waals surface area contributed by atoms with Crippen molar-refractivity contribution in [2.24, 2.45) is 0 Å². The minimum absolute atomic E-state index is 0.0383. The summed E-state index contributed by atoms with van der Waals surface area (Å²) in [6.07, 6.45) is -0.0383. The second-order valence-electron chi connectivity index (χ2n) is 4.47. The Morgan fingerprint density at radius 2 is 1.80 bits per heavy atom. The van der Waals surface area contributed by atoms with E-state index in [1.807, 2.05) is 0 Å². The van der Waals surface area contributed by atoms with E-state index in [4.69, 9.17) is 4.74 Å². The van der Waals surface area contributed by atoms with Crippen LogP contribution in [0.3, 0.4) is 0 Å². The second kappa shape index (κ2) is 5.82. The van der Waals surface area contributed by atoms with Crippen LogP contribution in [0.25, 0.3) is 0 Å². The standard InChI is InChI=1S/C16H14F2O2/c1-10-7-8-12(16(18)15(10)17)13(19)9-11-5-3-4-6-14(11)20-2/h3-8H,9H2,1-2H3. The van der Waals surface area contributed by atoms with Crippen molar-refractivity contribution in [2.75, 3.05) is 7.11 Å². The van der Waals surface area contributed by atoms with Crippen molar-refractivity contribution < 1.29 is 18.3 Å². The lowest BCUT2D eigenvalue weighted by Gasteiger charge is -2.09. The van der Waals surface area contributed by atoms with Crippen LogP contribution in [-0.4, -0.2) is 12.9 Å². The highest BCUT2D eigenvalue weighted by Crippen LogP contribution is 2.22. The van der Waals surface area contributed by atoms with Crippen LogP contribution in [0.5, 0.6) is 5.75 Å². The highest BCUT2D eigenvalue weighted by Gasteiger charge is 2.18. The number of methoxy groups -OCH3 is 1. The molecule has 0 amide bonds. The van der Waals surface area contributed by atoms with Crippen LogP contribution in [0, 0.1) is 18.6 Å². The molecule has 0 fully saturated rings. The summed E-state index contributed by atoms with van der Waals surface area (Å²) in [5.74, 6) is -2.00. The Labute approximate surface area is 116 Å². The number of ketones is 1. The molecule has 0 aliphatic carbocycles. The predicted molar refractivity (Wildman–Crippen MR) is 72.1 cm³/mol. The van der Waals surface area contributed by atoms with Gasteiger partial charge in [0.15, 0.2) is 17.4 Å². The van der Waals surface area contributed by atoms with Crippen molar-refractivity contribution in [3.05, 3.63) is 64.7 Å². The first-order chi connectivity index (χ1) is 9.54. The molecule has 104 valence electrons. The molecule has 2 aromatic carbocycles. The van der Waals surface area contributed by atoms with Gasteiger partial charge in [-0.1, -0.05) is 24.3 Å². The minimum atomic E-state index is -1.09. The quantitative estimate of drug-likeness (QED) is 0.796. The number of benzene rings is 2. The summed E-state index contributed by atoms with van der Waals surface area (Å²) in [5.41, 5.74) is 0.579. The van der Waals surface area contributed by atoms with Gasteiger partial charge < -0.3 is 4.74 Å². The summed E-state index contributed by atoms with van der Waals surface area (Å²) >= 11 is 0. The topological polar surface area (TPSA) is 26.3 Å². The molecular formula is C16H14F2O2. The van der Waals surface area contributed by atoms with Crippen LogP contribution in [-0.2, 0) is 6.42 Å². The third kappa shape index (κ3) is 2.69. The number of carbonyl (C=O) groups excluding carboxylic acids is 1. The zero-order chi connectivity index (χ0) is 14.7. The molecule has 0 unspecified atom stereocenters. The summed E-state index contributed by atoms with van der Waals surface area (Å²) in [5, 5.41) is 0. The van der Waals surface area contributed by atoms with E-state index in [9.17, 15) is 13.6 Å². The van der Waals surface area contributed by atoms with Gasteiger partial charge in [0.2, 0.25) is 0 Å². The molecule has 0 bridgehead atoms. The predicted octanol–water partition coefficient (Wildman–Crippen LogP) is 3.71. The van der Waals surface area contributed by atoms with Crippen molar-refractivity contribution >= 4 is 5.78 Å². The average molecular weight is 276 g/mol. The molecule has 20 heavy (non-hydrogen) atoms. The monoisotopic (exact) mass is 276 g/mol. The number of aryl methyl sites for hydroxylation is 1. The Kier molecular flexibility index (Phi) is 4.13. The summed E-state index contributed by atoms with van der Waals surface area (Å²) in [7, 11) is 1.50. The maximum absolute atomic E-state index is 13.8.